The van der Waals surface area contributed by atoms with E-state index in [1.165, 1.54) is 35.1 Å². The Bertz CT molecular complexity index is 1380. The van der Waals surface area contributed by atoms with Crippen LogP contribution < -0.4 is 10.1 Å². The number of aromatic nitrogens is 2. The number of aliphatic hydroxyl groups excluding tert-OH is 3. The smallest absolute Gasteiger partial charge is 0.316 e. The van der Waals surface area contributed by atoms with E-state index in [1.807, 2.05) is 13.8 Å². The topological polar surface area (TPSA) is 120 Å². The molecule has 3 unspecified atom stereocenters. The second-order valence-electron chi connectivity index (χ2n) is 11.8. The number of rotatable bonds is 11. The van der Waals surface area contributed by atoms with Gasteiger partial charge in [0.2, 0.25) is 0 Å². The molecule has 2 aromatic carbocycles. The zero-order valence-corrected chi connectivity index (χ0v) is 23.5. The Balaban J connectivity index is 1.16. The number of hydrogen-bond donors (Lipinski definition) is 4. The van der Waals surface area contributed by atoms with E-state index in [0.29, 0.717) is 17.9 Å². The lowest BCUT2D eigenvalue weighted by molar-refractivity contribution is 0.102. The standard InChI is InChI=1S/C32H39N3O5/c1-18-22(5-4-6-25(18)29-19(2)34-31(35-20(29)3)39-17-21(15-36)16-37)14-33-24-7-8-26-23(11-24)13-32(9-10-32)27(26)12-28-30(38)40-28/h4-8,11,21,27-28,30,33,36-38H,9-10,12-17H2,1-3H3. The number of nitrogens with one attached hydrogen (secondary N) is 1. The largest absolute Gasteiger partial charge is 0.463 e. The second-order valence-corrected chi connectivity index (χ2v) is 11.8. The van der Waals surface area contributed by atoms with Crippen LogP contribution in [-0.4, -0.2) is 57.5 Å². The fourth-order valence-electron chi connectivity index (χ4n) is 6.48. The number of aliphatic hydroxyl groups is 3. The molecule has 1 spiro atoms. The summed E-state index contributed by atoms with van der Waals surface area (Å²) < 4.78 is 11.0. The number of ether oxygens (including phenoxy) is 2. The van der Waals surface area contributed by atoms with Crippen LogP contribution in [0.5, 0.6) is 6.01 Å². The van der Waals surface area contributed by atoms with E-state index in [-0.39, 0.29) is 37.9 Å². The van der Waals surface area contributed by atoms with Crippen molar-refractivity contribution in [2.75, 3.05) is 25.1 Å². The van der Waals surface area contributed by atoms with Gasteiger partial charge in [0.05, 0.1) is 31.2 Å². The molecular formula is C32H39N3O5. The minimum Gasteiger partial charge on any atom is -0.463 e. The summed E-state index contributed by atoms with van der Waals surface area (Å²) in [4.78, 5) is 9.13. The molecule has 2 aliphatic carbocycles. The Morgan fingerprint density at radius 2 is 1.80 bits per heavy atom. The van der Waals surface area contributed by atoms with Crippen molar-refractivity contribution in [1.29, 1.82) is 0 Å². The van der Waals surface area contributed by atoms with Gasteiger partial charge in [-0.3, -0.25) is 0 Å². The Hall–Kier alpha value is -3.04. The second kappa shape index (κ2) is 10.7. The summed E-state index contributed by atoms with van der Waals surface area (Å²) in [6.45, 7) is 6.61. The van der Waals surface area contributed by atoms with Crippen molar-refractivity contribution >= 4 is 5.69 Å². The lowest BCUT2D eigenvalue weighted by Gasteiger charge is -2.18. The SMILES string of the molecule is Cc1nc(OCC(CO)CO)nc(C)c1-c1cccc(CNc2ccc3c(c2)CC2(CC2)C3CC2OC2O)c1C. The zero-order chi connectivity index (χ0) is 28.0. The van der Waals surface area contributed by atoms with Gasteiger partial charge in [0.1, 0.15) is 6.10 Å². The maximum Gasteiger partial charge on any atom is 0.316 e. The van der Waals surface area contributed by atoms with Crippen LogP contribution in [0.3, 0.4) is 0 Å². The van der Waals surface area contributed by atoms with Gasteiger partial charge in [-0.05, 0) is 97.7 Å². The van der Waals surface area contributed by atoms with E-state index < -0.39 is 6.29 Å². The van der Waals surface area contributed by atoms with Crippen LogP contribution in [0.25, 0.3) is 11.1 Å². The lowest BCUT2D eigenvalue weighted by Crippen LogP contribution is -2.20. The minimum atomic E-state index is -0.568. The van der Waals surface area contributed by atoms with Crippen LogP contribution in [0.4, 0.5) is 5.69 Å². The van der Waals surface area contributed by atoms with Gasteiger partial charge in [0, 0.05) is 23.7 Å². The van der Waals surface area contributed by atoms with Crippen molar-refractivity contribution in [3.8, 4) is 17.1 Å². The van der Waals surface area contributed by atoms with Crippen LogP contribution >= 0.6 is 0 Å². The highest BCUT2D eigenvalue weighted by molar-refractivity contribution is 5.72. The van der Waals surface area contributed by atoms with Crippen molar-refractivity contribution in [1.82, 2.24) is 9.97 Å². The first kappa shape index (κ1) is 27.1. The molecule has 212 valence electrons. The van der Waals surface area contributed by atoms with Crippen molar-refractivity contribution in [3.05, 3.63) is 70.0 Å². The maximum absolute atomic E-state index is 9.70. The summed E-state index contributed by atoms with van der Waals surface area (Å²) in [6.07, 6.45) is 4.03. The van der Waals surface area contributed by atoms with Crippen LogP contribution in [0.15, 0.2) is 36.4 Å². The molecule has 1 saturated heterocycles. The number of nitrogens with zero attached hydrogens (tertiary/aromatic N) is 2. The summed E-state index contributed by atoms with van der Waals surface area (Å²) in [5, 5.41) is 31.9. The molecule has 2 fully saturated rings. The van der Waals surface area contributed by atoms with Gasteiger partial charge < -0.3 is 30.1 Å². The molecule has 3 aliphatic rings. The van der Waals surface area contributed by atoms with Gasteiger partial charge in [0.25, 0.3) is 0 Å². The highest BCUT2D eigenvalue weighted by Crippen LogP contribution is 2.65. The molecule has 8 nitrogen and oxygen atoms in total. The first-order chi connectivity index (χ1) is 19.3. The molecule has 3 atom stereocenters. The molecule has 1 aromatic heterocycles. The predicted octanol–water partition coefficient (Wildman–Crippen LogP) is 4.19. The van der Waals surface area contributed by atoms with Crippen LogP contribution in [0.2, 0.25) is 0 Å². The van der Waals surface area contributed by atoms with Crippen molar-refractivity contribution in [2.24, 2.45) is 11.3 Å². The Morgan fingerprint density at radius 1 is 1.07 bits per heavy atom. The molecule has 0 radical (unpaired) electrons. The number of aryl methyl sites for hydroxylation is 2. The van der Waals surface area contributed by atoms with Gasteiger partial charge in [-0.1, -0.05) is 24.3 Å². The number of anilines is 1. The van der Waals surface area contributed by atoms with Gasteiger partial charge >= 0.3 is 6.01 Å². The van der Waals surface area contributed by atoms with Crippen LogP contribution in [0, 0.1) is 32.1 Å². The van der Waals surface area contributed by atoms with E-state index >= 15 is 0 Å². The molecule has 2 heterocycles. The van der Waals surface area contributed by atoms with Crippen molar-refractivity contribution < 1.29 is 24.8 Å². The Kier molecular flexibility index (Phi) is 7.29. The summed E-state index contributed by atoms with van der Waals surface area (Å²) in [6, 6.07) is 13.4. The van der Waals surface area contributed by atoms with Gasteiger partial charge in [-0.2, -0.15) is 9.97 Å². The van der Waals surface area contributed by atoms with Crippen molar-refractivity contribution in [2.45, 2.75) is 71.3 Å². The van der Waals surface area contributed by atoms with Gasteiger partial charge in [0.15, 0.2) is 6.29 Å². The molecule has 8 heteroatoms. The molecule has 4 N–H and O–H groups in total. The summed E-state index contributed by atoms with van der Waals surface area (Å²) >= 11 is 0. The fourth-order valence-corrected chi connectivity index (χ4v) is 6.48. The molecule has 40 heavy (non-hydrogen) atoms. The van der Waals surface area contributed by atoms with Crippen LogP contribution in [-0.2, 0) is 17.7 Å². The molecule has 6 rings (SSSR count). The lowest BCUT2D eigenvalue weighted by atomic mass is 9.85. The third-order valence-electron chi connectivity index (χ3n) is 9.13. The number of epoxide rings is 1. The van der Waals surface area contributed by atoms with E-state index in [4.69, 9.17) is 9.47 Å². The predicted molar refractivity (Wildman–Crippen MR) is 152 cm³/mol. The van der Waals surface area contributed by atoms with E-state index in [0.717, 1.165) is 41.0 Å². The molecule has 0 bridgehead atoms. The summed E-state index contributed by atoms with van der Waals surface area (Å²) in [5.41, 5.74) is 10.5. The maximum atomic E-state index is 9.70. The van der Waals surface area contributed by atoms with Gasteiger partial charge in [-0.15, -0.1) is 0 Å². The average molecular weight is 546 g/mol. The normalized spacial score (nSPS) is 22.0. The van der Waals surface area contributed by atoms with Gasteiger partial charge in [-0.25, -0.2) is 0 Å². The fraction of sp³-hybridized carbons (Fsp3) is 0.500. The number of benzene rings is 2. The monoisotopic (exact) mass is 545 g/mol. The molecule has 0 amide bonds. The summed E-state index contributed by atoms with van der Waals surface area (Å²) in [7, 11) is 0. The van der Waals surface area contributed by atoms with E-state index in [9.17, 15) is 15.3 Å². The highest BCUT2D eigenvalue weighted by atomic mass is 16.7. The van der Waals surface area contributed by atoms with E-state index in [2.05, 4.69) is 58.6 Å². The average Bonchev–Trinajstić information content (AvgIpc) is 3.83. The first-order valence-electron chi connectivity index (χ1n) is 14.3. The zero-order valence-electron chi connectivity index (χ0n) is 23.5. The molecular weight excluding hydrogens is 506 g/mol. The van der Waals surface area contributed by atoms with Crippen LogP contribution in [0.1, 0.15) is 58.8 Å². The molecule has 1 aliphatic heterocycles. The van der Waals surface area contributed by atoms with E-state index in [1.54, 1.807) is 0 Å². The Labute approximate surface area is 235 Å². The minimum absolute atomic E-state index is 0.00719. The quantitative estimate of drug-likeness (QED) is 0.265. The molecule has 3 aromatic rings. The van der Waals surface area contributed by atoms with Crippen molar-refractivity contribution in [3.63, 3.8) is 0 Å². The first-order valence-corrected chi connectivity index (χ1v) is 14.3. The molecule has 1 saturated carbocycles. The number of fused-ring (bicyclic) bond motifs is 1. The third kappa shape index (κ3) is 5.21. The number of hydrogen-bond acceptors (Lipinski definition) is 8. The third-order valence-corrected chi connectivity index (χ3v) is 9.13. The summed E-state index contributed by atoms with van der Waals surface area (Å²) in [5.74, 6) is 0.137. The Morgan fingerprint density at radius 3 is 2.45 bits per heavy atom. The highest BCUT2D eigenvalue weighted by Gasteiger charge is 2.56.